The van der Waals surface area contributed by atoms with Crippen molar-refractivity contribution >= 4 is 40.9 Å². The maximum Gasteiger partial charge on any atom is 0.483 e. The second kappa shape index (κ2) is 3.75. The minimum absolute atomic E-state index is 6.53. The Morgan fingerprint density at radius 3 is 0.588 bits per heavy atom. The third kappa shape index (κ3) is 2.25. The van der Waals surface area contributed by atoms with Gasteiger partial charge in [0.1, 0.15) is 0 Å². The molecule has 0 heterocycles. The van der Waals surface area contributed by atoms with Crippen molar-refractivity contribution in [2.24, 2.45) is 0 Å². The predicted octanol–water partition coefficient (Wildman–Crippen LogP) is -1.21. The lowest BCUT2D eigenvalue weighted by Crippen LogP contribution is -2.52. The molecule has 0 unspecified atom stereocenters. The van der Waals surface area contributed by atoms with Crippen molar-refractivity contribution in [1.82, 2.24) is 0 Å². The molecule has 0 aromatic heterocycles. The summed E-state index contributed by atoms with van der Waals surface area (Å²) < 4.78 is 123. The first kappa shape index (κ1) is 16.5. The van der Waals surface area contributed by atoms with Crippen LogP contribution in [0.2, 0.25) is 0 Å². The smallest absolute Gasteiger partial charge is 0.190 e. The van der Waals surface area contributed by atoms with Gasteiger partial charge in [-0.05, 0) is 0 Å². The molecule has 0 aliphatic carbocycles. The fourth-order valence-electron chi connectivity index (χ4n) is 0.713. The van der Waals surface area contributed by atoms with Gasteiger partial charge in [0, 0.05) is 0 Å². The van der Waals surface area contributed by atoms with Crippen molar-refractivity contribution in [3.8, 4) is 0 Å². The van der Waals surface area contributed by atoms with E-state index in [0.29, 0.717) is 0 Å². The maximum atomic E-state index is 12.3. The normalized spacial score (nSPS) is 15.8. The van der Waals surface area contributed by atoms with Crippen LogP contribution in [0.4, 0.5) is 15.5 Å². The van der Waals surface area contributed by atoms with Gasteiger partial charge >= 0.3 is 43.6 Å². The molecule has 0 saturated carbocycles. The van der Waals surface area contributed by atoms with Gasteiger partial charge < -0.3 is 0 Å². The van der Waals surface area contributed by atoms with Crippen LogP contribution in [0.15, 0.2) is 0 Å². The molecule has 0 aromatic carbocycles. The van der Waals surface area contributed by atoms with Gasteiger partial charge in [-0.15, -0.1) is 15.5 Å². The van der Waals surface area contributed by atoms with E-state index < -0.39 is 43.6 Å². The lowest BCUT2D eigenvalue weighted by atomic mass is 11.8. The van der Waals surface area contributed by atoms with E-state index in [9.17, 15) is 49.2 Å². The van der Waals surface area contributed by atoms with Crippen LogP contribution in [-0.2, 0) is 40.9 Å². The Labute approximate surface area is 93.1 Å². The molecule has 0 aliphatic heterocycles. The summed E-state index contributed by atoms with van der Waals surface area (Å²) in [6.07, 6.45) is 0. The van der Waals surface area contributed by atoms with Crippen molar-refractivity contribution in [3.05, 3.63) is 0 Å². The zero-order valence-corrected chi connectivity index (χ0v) is 10.2. The summed E-state index contributed by atoms with van der Waals surface area (Å²) in [5.74, 6) is 0. The second-order valence-electron chi connectivity index (χ2n) is 2.25. The van der Waals surface area contributed by atoms with Crippen LogP contribution in [-0.4, -0.2) is 36.4 Å². The Kier molecular flexibility index (Phi) is 3.65. The predicted molar refractivity (Wildman–Crippen MR) is 42.8 cm³/mol. The van der Waals surface area contributed by atoms with Crippen LogP contribution in [0.3, 0.4) is 0 Å². The van der Waals surface area contributed by atoms with E-state index in [1.165, 1.54) is 0 Å². The molecular formula is CF4O8S4. The van der Waals surface area contributed by atoms with Crippen LogP contribution >= 0.6 is 0 Å². The van der Waals surface area contributed by atoms with Gasteiger partial charge in [0.15, 0.2) is 0 Å². The summed E-state index contributed by atoms with van der Waals surface area (Å²) >= 11 is 0. The van der Waals surface area contributed by atoms with Crippen LogP contribution < -0.4 is 0 Å². The first-order valence-corrected chi connectivity index (χ1v) is 8.30. The van der Waals surface area contributed by atoms with E-state index in [4.69, 9.17) is 0 Å². The molecule has 0 N–H and O–H groups in total. The first-order valence-electron chi connectivity index (χ1n) is 2.77. The molecule has 0 aliphatic rings. The van der Waals surface area contributed by atoms with Crippen molar-refractivity contribution in [2.45, 2.75) is 2.74 Å². The molecule has 17 heavy (non-hydrogen) atoms. The Bertz CT molecular complexity index is 588. The monoisotopic (exact) mass is 344 g/mol. The van der Waals surface area contributed by atoms with Gasteiger partial charge in [-0.25, -0.2) is 0 Å². The maximum absolute atomic E-state index is 12.3. The Balaban J connectivity index is 7.38. The van der Waals surface area contributed by atoms with E-state index in [1.54, 1.807) is 0 Å². The van der Waals surface area contributed by atoms with E-state index in [-0.39, 0.29) is 0 Å². The van der Waals surface area contributed by atoms with Crippen LogP contribution in [0.1, 0.15) is 0 Å². The van der Waals surface area contributed by atoms with Crippen molar-refractivity contribution in [1.29, 1.82) is 0 Å². The van der Waals surface area contributed by atoms with Gasteiger partial charge in [0.2, 0.25) is 0 Å². The molecule has 0 bridgehead atoms. The molecule has 0 saturated heterocycles. The summed E-state index contributed by atoms with van der Waals surface area (Å²) in [5, 5.41) is 0. The fraction of sp³-hybridized carbons (Fsp3) is 1.00. The zero-order chi connectivity index (χ0) is 14.5. The highest BCUT2D eigenvalue weighted by atomic mass is 32.4. The number of rotatable bonds is 4. The molecule has 0 rings (SSSR count). The van der Waals surface area contributed by atoms with Crippen LogP contribution in [0.5, 0.6) is 0 Å². The molecule has 0 atom stereocenters. The Morgan fingerprint density at radius 1 is 0.471 bits per heavy atom. The molecule has 0 aromatic rings. The van der Waals surface area contributed by atoms with Crippen LogP contribution in [0.25, 0.3) is 0 Å². The van der Waals surface area contributed by atoms with Crippen molar-refractivity contribution in [3.63, 3.8) is 0 Å². The first-order chi connectivity index (χ1) is 7.00. The molecule has 104 valence electrons. The molecule has 0 spiro atoms. The molecule has 16 heteroatoms. The minimum Gasteiger partial charge on any atom is -0.190 e. The molecule has 0 amide bonds. The summed E-state index contributed by atoms with van der Waals surface area (Å²) in [5.41, 5.74) is 0. The average Bonchev–Trinajstić information content (AvgIpc) is 1.67. The highest BCUT2D eigenvalue weighted by Gasteiger charge is 2.79. The van der Waals surface area contributed by atoms with Gasteiger partial charge in [-0.2, -0.15) is 33.7 Å². The largest absolute Gasteiger partial charge is 0.483 e. The van der Waals surface area contributed by atoms with E-state index >= 15 is 0 Å². The summed E-state index contributed by atoms with van der Waals surface area (Å²) in [7, 11) is -30.4. The van der Waals surface area contributed by atoms with Crippen LogP contribution in [0, 0.1) is 0 Å². The van der Waals surface area contributed by atoms with Gasteiger partial charge in [0.25, 0.3) is 0 Å². The zero-order valence-electron chi connectivity index (χ0n) is 6.91. The Morgan fingerprint density at radius 2 is 0.588 bits per heavy atom. The fourth-order valence-corrected chi connectivity index (χ4v) is 6.42. The van der Waals surface area contributed by atoms with Gasteiger partial charge in [0.05, 0.1) is 0 Å². The summed E-state index contributed by atoms with van der Waals surface area (Å²) in [6.45, 7) is 0. The van der Waals surface area contributed by atoms with E-state index in [1.807, 2.05) is 0 Å². The SMILES string of the molecule is O=S(=O)(F)C(S(=O)(=O)F)(S(=O)(=O)F)S(=O)(=O)F. The van der Waals surface area contributed by atoms with Crippen molar-refractivity contribution < 1.29 is 49.2 Å². The quantitative estimate of drug-likeness (QED) is 0.458. The highest BCUT2D eigenvalue weighted by Crippen LogP contribution is 2.41. The topological polar surface area (TPSA) is 137 Å². The third-order valence-electron chi connectivity index (χ3n) is 1.19. The highest BCUT2D eigenvalue weighted by molar-refractivity contribution is 8.35. The number of hydrogen-bond donors (Lipinski definition) is 0. The number of halogens is 4. The summed E-state index contributed by atoms with van der Waals surface area (Å²) in [6, 6.07) is 0. The molecule has 0 fully saturated rings. The van der Waals surface area contributed by atoms with Crippen molar-refractivity contribution in [2.75, 3.05) is 0 Å². The van der Waals surface area contributed by atoms with Gasteiger partial charge in [-0.3, -0.25) is 0 Å². The standard InChI is InChI=1S/CF4O8S4/c2-14(6,7)1(15(3,8)9,16(4,10)11)17(5,12)13. The third-order valence-corrected chi connectivity index (χ3v) is 10.8. The van der Waals surface area contributed by atoms with E-state index in [2.05, 4.69) is 0 Å². The van der Waals surface area contributed by atoms with Gasteiger partial charge in [-0.1, -0.05) is 0 Å². The number of hydrogen-bond acceptors (Lipinski definition) is 8. The summed E-state index contributed by atoms with van der Waals surface area (Å²) in [4.78, 5) is 0. The molecular weight excluding hydrogens is 344 g/mol. The second-order valence-corrected chi connectivity index (χ2v) is 9.75. The minimum atomic E-state index is -7.59. The lowest BCUT2D eigenvalue weighted by Gasteiger charge is -2.15. The molecule has 0 radical (unpaired) electrons. The average molecular weight is 344 g/mol. The molecule has 8 nitrogen and oxygen atoms in total. The van der Waals surface area contributed by atoms with E-state index in [0.717, 1.165) is 0 Å². The Hall–Kier alpha value is -0.480. The lowest BCUT2D eigenvalue weighted by molar-refractivity contribution is 0.498.